The van der Waals surface area contributed by atoms with E-state index in [-0.39, 0.29) is 18.2 Å². The van der Waals surface area contributed by atoms with Crippen molar-refractivity contribution in [2.75, 3.05) is 6.61 Å². The zero-order chi connectivity index (χ0) is 16.8. The zero-order valence-electron chi connectivity index (χ0n) is 13.1. The maximum atomic E-state index is 13.2. The second kappa shape index (κ2) is 7.68. The predicted molar refractivity (Wildman–Crippen MR) is 85.7 cm³/mol. The number of carbonyl (C=O) groups excluding carboxylic acids is 1. The van der Waals surface area contributed by atoms with Crippen molar-refractivity contribution in [2.45, 2.75) is 20.3 Å². The molecule has 23 heavy (non-hydrogen) atoms. The number of benzene rings is 2. The maximum absolute atomic E-state index is 13.2. The van der Waals surface area contributed by atoms with Crippen LogP contribution in [0.4, 0.5) is 8.78 Å². The Balaban J connectivity index is 2.64. The molecule has 120 valence electrons. The Hall–Kier alpha value is -2.49. The lowest BCUT2D eigenvalue weighted by atomic mass is 9.91. The standard InChI is InChI=1S/C19H18F2O2/c1-3-17(19(22)23-4-2)18(13-5-9-15(20)10-6-13)14-7-11-16(21)12-8-14/h5-12H,3-4H2,1-2H3. The van der Waals surface area contributed by atoms with Gasteiger partial charge in [-0.25, -0.2) is 13.6 Å². The summed E-state index contributed by atoms with van der Waals surface area (Å²) in [6.07, 6.45) is 0.447. The lowest BCUT2D eigenvalue weighted by molar-refractivity contribution is -0.138. The normalized spacial score (nSPS) is 10.3. The molecular weight excluding hydrogens is 298 g/mol. The van der Waals surface area contributed by atoms with E-state index < -0.39 is 5.97 Å². The third-order valence-corrected chi connectivity index (χ3v) is 3.44. The van der Waals surface area contributed by atoms with Crippen LogP contribution >= 0.6 is 0 Å². The van der Waals surface area contributed by atoms with E-state index in [2.05, 4.69) is 0 Å². The molecule has 0 bridgehead atoms. The minimum Gasteiger partial charge on any atom is -0.463 e. The topological polar surface area (TPSA) is 26.3 Å². The molecular formula is C19H18F2O2. The molecule has 0 heterocycles. The highest BCUT2D eigenvalue weighted by molar-refractivity contribution is 6.01. The van der Waals surface area contributed by atoms with Gasteiger partial charge in [0.25, 0.3) is 0 Å². The number of hydrogen-bond donors (Lipinski definition) is 0. The van der Waals surface area contributed by atoms with Crippen LogP contribution in [0.1, 0.15) is 31.4 Å². The van der Waals surface area contributed by atoms with Gasteiger partial charge in [-0.3, -0.25) is 0 Å². The van der Waals surface area contributed by atoms with Gasteiger partial charge in [0.2, 0.25) is 0 Å². The van der Waals surface area contributed by atoms with E-state index in [0.29, 0.717) is 28.7 Å². The molecule has 0 aromatic heterocycles. The SMILES string of the molecule is CCOC(=O)C(CC)=C(c1ccc(F)cc1)c1ccc(F)cc1. The van der Waals surface area contributed by atoms with Gasteiger partial charge < -0.3 is 4.74 Å². The summed E-state index contributed by atoms with van der Waals surface area (Å²) in [4.78, 5) is 12.3. The lowest BCUT2D eigenvalue weighted by Crippen LogP contribution is -2.10. The van der Waals surface area contributed by atoms with Crippen LogP contribution in [-0.4, -0.2) is 12.6 Å². The third kappa shape index (κ3) is 4.03. The van der Waals surface area contributed by atoms with Crippen LogP contribution in [0.25, 0.3) is 5.57 Å². The molecule has 0 unspecified atom stereocenters. The van der Waals surface area contributed by atoms with Crippen molar-refractivity contribution in [3.05, 3.63) is 76.9 Å². The molecule has 0 atom stereocenters. The summed E-state index contributed by atoms with van der Waals surface area (Å²) in [5, 5.41) is 0. The summed E-state index contributed by atoms with van der Waals surface area (Å²) in [7, 11) is 0. The molecule has 4 heteroatoms. The Labute approximate surface area is 134 Å². The molecule has 2 aromatic rings. The zero-order valence-corrected chi connectivity index (χ0v) is 13.1. The quantitative estimate of drug-likeness (QED) is 0.588. The smallest absolute Gasteiger partial charge is 0.334 e. The summed E-state index contributed by atoms with van der Waals surface area (Å²) in [5.41, 5.74) is 2.47. The second-order valence-electron chi connectivity index (χ2n) is 4.94. The molecule has 0 radical (unpaired) electrons. The van der Waals surface area contributed by atoms with Crippen LogP contribution in [-0.2, 0) is 9.53 Å². The number of esters is 1. The Kier molecular flexibility index (Phi) is 5.63. The van der Waals surface area contributed by atoms with Gasteiger partial charge in [-0.2, -0.15) is 0 Å². The van der Waals surface area contributed by atoms with E-state index in [1.54, 1.807) is 31.2 Å². The molecule has 0 saturated carbocycles. The average molecular weight is 316 g/mol. The van der Waals surface area contributed by atoms with Crippen molar-refractivity contribution in [3.8, 4) is 0 Å². The molecule has 2 rings (SSSR count). The Morgan fingerprint density at radius 2 is 1.30 bits per heavy atom. The van der Waals surface area contributed by atoms with Gasteiger partial charge in [-0.1, -0.05) is 31.2 Å². The van der Waals surface area contributed by atoms with Crippen LogP contribution in [0.2, 0.25) is 0 Å². The molecule has 0 aliphatic rings. The van der Waals surface area contributed by atoms with Crippen LogP contribution in [0.15, 0.2) is 54.1 Å². The molecule has 2 aromatic carbocycles. The second-order valence-corrected chi connectivity index (χ2v) is 4.94. The molecule has 0 amide bonds. The number of ether oxygens (including phenoxy) is 1. The first-order valence-electron chi connectivity index (χ1n) is 7.49. The highest BCUT2D eigenvalue weighted by Gasteiger charge is 2.18. The van der Waals surface area contributed by atoms with Gasteiger partial charge in [0, 0.05) is 5.57 Å². The van der Waals surface area contributed by atoms with E-state index >= 15 is 0 Å². The van der Waals surface area contributed by atoms with E-state index in [0.717, 1.165) is 0 Å². The van der Waals surface area contributed by atoms with Crippen molar-refractivity contribution in [3.63, 3.8) is 0 Å². The van der Waals surface area contributed by atoms with Gasteiger partial charge >= 0.3 is 5.97 Å². The number of rotatable bonds is 5. The predicted octanol–water partition coefficient (Wildman–Crippen LogP) is 4.74. The molecule has 2 nitrogen and oxygen atoms in total. The van der Waals surface area contributed by atoms with Gasteiger partial charge in [-0.05, 0) is 54.3 Å². The first kappa shape index (κ1) is 16.9. The summed E-state index contributed by atoms with van der Waals surface area (Å²) >= 11 is 0. The molecule has 0 fully saturated rings. The molecule has 0 spiro atoms. The van der Waals surface area contributed by atoms with Crippen molar-refractivity contribution in [1.29, 1.82) is 0 Å². The highest BCUT2D eigenvalue weighted by atomic mass is 19.1. The number of carbonyl (C=O) groups is 1. The highest BCUT2D eigenvalue weighted by Crippen LogP contribution is 2.29. The van der Waals surface area contributed by atoms with E-state index in [1.165, 1.54) is 24.3 Å². The van der Waals surface area contributed by atoms with Gasteiger partial charge in [0.1, 0.15) is 11.6 Å². The van der Waals surface area contributed by atoms with Crippen molar-refractivity contribution < 1.29 is 18.3 Å². The summed E-state index contributed by atoms with van der Waals surface area (Å²) in [5.74, 6) is -1.14. The van der Waals surface area contributed by atoms with E-state index in [9.17, 15) is 13.6 Å². The van der Waals surface area contributed by atoms with Crippen molar-refractivity contribution in [2.24, 2.45) is 0 Å². The van der Waals surface area contributed by atoms with Gasteiger partial charge in [0.15, 0.2) is 0 Å². The minimum absolute atomic E-state index is 0.266. The minimum atomic E-state index is -0.418. The lowest BCUT2D eigenvalue weighted by Gasteiger charge is -2.14. The van der Waals surface area contributed by atoms with E-state index in [4.69, 9.17) is 4.74 Å². The summed E-state index contributed by atoms with van der Waals surface area (Å²) in [6.45, 7) is 3.85. The summed E-state index contributed by atoms with van der Waals surface area (Å²) < 4.78 is 31.5. The number of hydrogen-bond acceptors (Lipinski definition) is 2. The molecule has 0 saturated heterocycles. The van der Waals surface area contributed by atoms with Crippen molar-refractivity contribution in [1.82, 2.24) is 0 Å². The third-order valence-electron chi connectivity index (χ3n) is 3.44. The fraction of sp³-hybridized carbons (Fsp3) is 0.211. The number of halogens is 2. The van der Waals surface area contributed by atoms with Crippen LogP contribution in [0.3, 0.4) is 0 Å². The van der Waals surface area contributed by atoms with Crippen molar-refractivity contribution >= 4 is 11.5 Å². The fourth-order valence-corrected chi connectivity index (χ4v) is 2.39. The van der Waals surface area contributed by atoms with Gasteiger partial charge in [0.05, 0.1) is 6.61 Å². The first-order chi connectivity index (χ1) is 11.1. The average Bonchev–Trinajstić information content (AvgIpc) is 2.55. The van der Waals surface area contributed by atoms with E-state index in [1.807, 2.05) is 6.92 Å². The fourth-order valence-electron chi connectivity index (χ4n) is 2.39. The Morgan fingerprint density at radius 1 is 0.870 bits per heavy atom. The molecule has 0 N–H and O–H groups in total. The first-order valence-corrected chi connectivity index (χ1v) is 7.49. The van der Waals surface area contributed by atoms with Gasteiger partial charge in [-0.15, -0.1) is 0 Å². The summed E-state index contributed by atoms with van der Waals surface area (Å²) in [6, 6.07) is 11.7. The Morgan fingerprint density at radius 3 is 1.65 bits per heavy atom. The largest absolute Gasteiger partial charge is 0.463 e. The molecule has 0 aliphatic carbocycles. The maximum Gasteiger partial charge on any atom is 0.334 e. The van der Waals surface area contributed by atoms with Crippen LogP contribution in [0.5, 0.6) is 0 Å². The molecule has 0 aliphatic heterocycles. The van der Waals surface area contributed by atoms with Crippen LogP contribution < -0.4 is 0 Å². The monoisotopic (exact) mass is 316 g/mol. The van der Waals surface area contributed by atoms with Crippen LogP contribution in [0, 0.1) is 11.6 Å². The Bertz CT molecular complexity index is 654.